The predicted octanol–water partition coefficient (Wildman–Crippen LogP) is 0.796. The quantitative estimate of drug-likeness (QED) is 0.774. The zero-order chi connectivity index (χ0) is 12.0. The molecule has 1 amide bonds. The van der Waals surface area contributed by atoms with Gasteiger partial charge in [0.1, 0.15) is 0 Å². The number of ether oxygens (including phenoxy) is 1. The highest BCUT2D eigenvalue weighted by atomic mass is 16.5. The highest BCUT2D eigenvalue weighted by Gasteiger charge is 2.07. The third kappa shape index (κ3) is 3.64. The molecule has 0 fully saturated rings. The molecule has 1 aromatic carbocycles. The fraction of sp³-hybridized carbons (Fsp3) is 0.417. The van der Waals surface area contributed by atoms with E-state index in [1.165, 1.54) is 0 Å². The van der Waals surface area contributed by atoms with Gasteiger partial charge in [-0.1, -0.05) is 24.3 Å². The van der Waals surface area contributed by atoms with Crippen molar-refractivity contribution < 1.29 is 9.53 Å². The number of benzene rings is 1. The van der Waals surface area contributed by atoms with E-state index in [4.69, 9.17) is 10.5 Å². The maximum Gasteiger partial charge on any atom is 0.236 e. The smallest absolute Gasteiger partial charge is 0.236 e. The Kier molecular flexibility index (Phi) is 4.95. The molecular formula is C12H18N2O2. The van der Waals surface area contributed by atoms with Gasteiger partial charge in [0.25, 0.3) is 0 Å². The fourth-order valence-electron chi connectivity index (χ4n) is 1.37. The lowest BCUT2D eigenvalue weighted by atomic mass is 10.1. The fourth-order valence-corrected chi connectivity index (χ4v) is 1.37. The van der Waals surface area contributed by atoms with Crippen molar-refractivity contribution in [1.29, 1.82) is 0 Å². The van der Waals surface area contributed by atoms with Crippen LogP contribution in [0.4, 0.5) is 0 Å². The van der Waals surface area contributed by atoms with Crippen LogP contribution in [-0.2, 0) is 22.7 Å². The van der Waals surface area contributed by atoms with Gasteiger partial charge in [0, 0.05) is 13.7 Å². The summed E-state index contributed by atoms with van der Waals surface area (Å²) in [6.45, 7) is 2.69. The Morgan fingerprint density at radius 1 is 1.44 bits per heavy atom. The molecule has 3 N–H and O–H groups in total. The van der Waals surface area contributed by atoms with Crippen LogP contribution < -0.4 is 11.1 Å². The largest absolute Gasteiger partial charge is 0.380 e. The van der Waals surface area contributed by atoms with Gasteiger partial charge in [0.15, 0.2) is 0 Å². The van der Waals surface area contributed by atoms with Gasteiger partial charge in [-0.2, -0.15) is 0 Å². The Hall–Kier alpha value is -1.39. The highest BCUT2D eigenvalue weighted by molar-refractivity contribution is 5.80. The van der Waals surface area contributed by atoms with E-state index in [1.54, 1.807) is 14.0 Å². The molecule has 0 aliphatic rings. The van der Waals surface area contributed by atoms with Gasteiger partial charge in [-0.15, -0.1) is 0 Å². The zero-order valence-electron chi connectivity index (χ0n) is 9.69. The van der Waals surface area contributed by atoms with Crippen LogP contribution in [0.5, 0.6) is 0 Å². The van der Waals surface area contributed by atoms with Crippen molar-refractivity contribution in [2.24, 2.45) is 5.73 Å². The minimum absolute atomic E-state index is 0.146. The van der Waals surface area contributed by atoms with Crippen molar-refractivity contribution >= 4 is 5.91 Å². The number of rotatable bonds is 5. The van der Waals surface area contributed by atoms with Gasteiger partial charge in [-0.05, 0) is 18.1 Å². The molecule has 0 spiro atoms. The van der Waals surface area contributed by atoms with Gasteiger partial charge in [-0.3, -0.25) is 4.79 Å². The van der Waals surface area contributed by atoms with E-state index >= 15 is 0 Å². The number of nitrogens with two attached hydrogens (primary N) is 1. The maximum absolute atomic E-state index is 11.3. The van der Waals surface area contributed by atoms with E-state index in [-0.39, 0.29) is 5.91 Å². The van der Waals surface area contributed by atoms with E-state index in [1.807, 2.05) is 24.3 Å². The molecule has 16 heavy (non-hydrogen) atoms. The molecule has 1 atom stereocenters. The monoisotopic (exact) mass is 222 g/mol. The average Bonchev–Trinajstić information content (AvgIpc) is 2.27. The van der Waals surface area contributed by atoms with Crippen LogP contribution in [0.2, 0.25) is 0 Å². The molecule has 0 aliphatic heterocycles. The first kappa shape index (κ1) is 12.7. The lowest BCUT2D eigenvalue weighted by Crippen LogP contribution is -2.37. The lowest BCUT2D eigenvalue weighted by Gasteiger charge is -2.11. The summed E-state index contributed by atoms with van der Waals surface area (Å²) in [6.07, 6.45) is 0. The number of hydrogen-bond donors (Lipinski definition) is 2. The van der Waals surface area contributed by atoms with Gasteiger partial charge in [-0.25, -0.2) is 0 Å². The van der Waals surface area contributed by atoms with Crippen molar-refractivity contribution in [2.75, 3.05) is 7.11 Å². The Morgan fingerprint density at radius 3 is 2.62 bits per heavy atom. The number of methoxy groups -OCH3 is 1. The predicted molar refractivity (Wildman–Crippen MR) is 62.7 cm³/mol. The molecule has 0 aromatic heterocycles. The molecular weight excluding hydrogens is 204 g/mol. The zero-order valence-corrected chi connectivity index (χ0v) is 9.69. The van der Waals surface area contributed by atoms with E-state index in [9.17, 15) is 4.79 Å². The first-order valence-electron chi connectivity index (χ1n) is 5.24. The Bertz CT molecular complexity index is 351. The molecule has 1 aromatic rings. The van der Waals surface area contributed by atoms with Crippen molar-refractivity contribution in [3.63, 3.8) is 0 Å². The molecule has 4 heteroatoms. The number of amides is 1. The Labute approximate surface area is 95.8 Å². The summed E-state index contributed by atoms with van der Waals surface area (Å²) in [7, 11) is 1.65. The maximum atomic E-state index is 11.3. The molecule has 1 unspecified atom stereocenters. The summed E-state index contributed by atoms with van der Waals surface area (Å²) >= 11 is 0. The first-order valence-corrected chi connectivity index (χ1v) is 5.24. The number of hydrogen-bond acceptors (Lipinski definition) is 3. The van der Waals surface area contributed by atoms with E-state index in [0.717, 1.165) is 11.1 Å². The van der Waals surface area contributed by atoms with Gasteiger partial charge in [0.05, 0.1) is 12.6 Å². The molecule has 0 saturated heterocycles. The molecule has 88 valence electrons. The second kappa shape index (κ2) is 6.25. The Morgan fingerprint density at radius 2 is 2.06 bits per heavy atom. The molecule has 0 heterocycles. The van der Waals surface area contributed by atoms with E-state index in [2.05, 4.69) is 5.32 Å². The summed E-state index contributed by atoms with van der Waals surface area (Å²) in [5.74, 6) is -0.146. The van der Waals surface area contributed by atoms with Crippen molar-refractivity contribution in [2.45, 2.75) is 26.1 Å². The summed E-state index contributed by atoms with van der Waals surface area (Å²) < 4.78 is 5.09. The molecule has 0 aliphatic carbocycles. The first-order chi connectivity index (χ1) is 7.65. The SMILES string of the molecule is COCc1ccccc1CNC(=O)C(C)N. The normalized spacial score (nSPS) is 12.2. The third-order valence-corrected chi connectivity index (χ3v) is 2.28. The number of carbonyl (C=O) groups is 1. The van der Waals surface area contributed by atoms with Crippen LogP contribution in [0.1, 0.15) is 18.1 Å². The minimum atomic E-state index is -0.477. The van der Waals surface area contributed by atoms with Crippen LogP contribution in [0.25, 0.3) is 0 Å². The molecule has 1 rings (SSSR count). The lowest BCUT2D eigenvalue weighted by molar-refractivity contribution is -0.122. The molecule has 0 bridgehead atoms. The van der Waals surface area contributed by atoms with Crippen LogP contribution in [0.3, 0.4) is 0 Å². The van der Waals surface area contributed by atoms with Gasteiger partial charge in [0.2, 0.25) is 5.91 Å². The van der Waals surface area contributed by atoms with Crippen LogP contribution in [0, 0.1) is 0 Å². The molecule has 0 saturated carbocycles. The van der Waals surface area contributed by atoms with Crippen molar-refractivity contribution in [1.82, 2.24) is 5.32 Å². The summed E-state index contributed by atoms with van der Waals surface area (Å²) in [5, 5.41) is 2.78. The van der Waals surface area contributed by atoms with Crippen molar-refractivity contribution in [3.8, 4) is 0 Å². The molecule has 4 nitrogen and oxygen atoms in total. The van der Waals surface area contributed by atoms with E-state index in [0.29, 0.717) is 13.2 Å². The Balaban J connectivity index is 2.62. The third-order valence-electron chi connectivity index (χ3n) is 2.28. The van der Waals surface area contributed by atoms with Gasteiger partial charge >= 0.3 is 0 Å². The van der Waals surface area contributed by atoms with Crippen LogP contribution in [-0.4, -0.2) is 19.1 Å². The number of carbonyl (C=O) groups excluding carboxylic acids is 1. The van der Waals surface area contributed by atoms with Crippen LogP contribution >= 0.6 is 0 Å². The van der Waals surface area contributed by atoms with Crippen LogP contribution in [0.15, 0.2) is 24.3 Å². The highest BCUT2D eigenvalue weighted by Crippen LogP contribution is 2.09. The second-order valence-electron chi connectivity index (χ2n) is 3.71. The topological polar surface area (TPSA) is 64.3 Å². The number of nitrogens with one attached hydrogen (secondary N) is 1. The van der Waals surface area contributed by atoms with Crippen molar-refractivity contribution in [3.05, 3.63) is 35.4 Å². The summed E-state index contributed by atoms with van der Waals surface area (Å²) in [5.41, 5.74) is 7.59. The summed E-state index contributed by atoms with van der Waals surface area (Å²) in [6, 6.07) is 7.36. The minimum Gasteiger partial charge on any atom is -0.380 e. The molecule has 0 radical (unpaired) electrons. The second-order valence-corrected chi connectivity index (χ2v) is 3.71. The average molecular weight is 222 g/mol. The van der Waals surface area contributed by atoms with Gasteiger partial charge < -0.3 is 15.8 Å². The standard InChI is InChI=1S/C12H18N2O2/c1-9(13)12(15)14-7-10-5-3-4-6-11(10)8-16-2/h3-6,9H,7-8,13H2,1-2H3,(H,14,15). The van der Waals surface area contributed by atoms with E-state index < -0.39 is 6.04 Å². The summed E-state index contributed by atoms with van der Waals surface area (Å²) in [4.78, 5) is 11.3.